The molecule has 2 aliphatic heterocycles. The van der Waals surface area contributed by atoms with Gasteiger partial charge >= 0.3 is 12.1 Å². The number of carbonyl (C=O) groups excluding carboxylic acids is 1. The SMILES string of the molecule is Cn1ncc2ccc(NN3C=NC(N4Cc5c(NCCCOC(=O)C(F)(F)F)cccc5N4)=C(F)C3)cc21. The fourth-order valence-electron chi connectivity index (χ4n) is 4.16. The Kier molecular flexibility index (Phi) is 6.70. The van der Waals surface area contributed by atoms with Crippen LogP contribution in [0.5, 0.6) is 0 Å². The Balaban J connectivity index is 1.17. The molecule has 0 saturated carbocycles. The summed E-state index contributed by atoms with van der Waals surface area (Å²) < 4.78 is 57.7. The molecule has 1 aromatic heterocycles. The smallest absolute Gasteiger partial charge is 0.459 e. The number of hydrogen-bond donors (Lipinski definition) is 3. The third kappa shape index (κ3) is 5.28. The predicted octanol–water partition coefficient (Wildman–Crippen LogP) is 4.13. The molecule has 0 saturated heterocycles. The van der Waals surface area contributed by atoms with Crippen LogP contribution in [0, 0.1) is 0 Å². The van der Waals surface area contributed by atoms with Gasteiger partial charge in [-0.1, -0.05) is 6.07 Å². The van der Waals surface area contributed by atoms with Crippen molar-refractivity contribution in [3.63, 3.8) is 0 Å². The first-order chi connectivity index (χ1) is 18.2. The van der Waals surface area contributed by atoms with E-state index in [-0.39, 0.29) is 31.9 Å². The number of halogens is 4. The first-order valence-electron chi connectivity index (χ1n) is 11.7. The van der Waals surface area contributed by atoms with Gasteiger partial charge in [0, 0.05) is 30.2 Å². The summed E-state index contributed by atoms with van der Waals surface area (Å²) in [5.74, 6) is -2.50. The number of esters is 1. The summed E-state index contributed by atoms with van der Waals surface area (Å²) in [7, 11) is 1.85. The molecule has 2 aromatic carbocycles. The van der Waals surface area contributed by atoms with Gasteiger partial charge in [-0.25, -0.2) is 14.2 Å². The standard InChI is InChI=1S/C24H24F4N8O2/c1-34-21-10-16(7-6-15(21)11-31-34)32-35-13-18(25)22(30-14-35)36-12-17-19(4-2-5-20(17)33-36)29-8-3-9-38-23(37)24(26,27)28/h2,4-7,10-11,14,29,32-33H,3,8-9,12-13H2,1H3. The number of fused-ring (bicyclic) bond motifs is 2. The third-order valence-electron chi connectivity index (χ3n) is 6.00. The van der Waals surface area contributed by atoms with Crippen molar-refractivity contribution < 1.29 is 27.1 Å². The second-order valence-corrected chi connectivity index (χ2v) is 8.70. The summed E-state index contributed by atoms with van der Waals surface area (Å²) in [6.45, 7) is 0.185. The van der Waals surface area contributed by atoms with E-state index in [9.17, 15) is 18.0 Å². The van der Waals surface area contributed by atoms with Gasteiger partial charge in [-0.3, -0.25) is 25.6 Å². The summed E-state index contributed by atoms with van der Waals surface area (Å²) in [5, 5.41) is 11.5. The number of aliphatic imine (C=N–C) groups is 1. The van der Waals surface area contributed by atoms with E-state index in [0.717, 1.165) is 33.5 Å². The highest BCUT2D eigenvalue weighted by molar-refractivity contribution is 5.82. The topological polar surface area (TPSA) is 99.1 Å². The largest absolute Gasteiger partial charge is 0.490 e. The molecule has 3 N–H and O–H groups in total. The van der Waals surface area contributed by atoms with Gasteiger partial charge in [0.05, 0.1) is 42.8 Å². The number of hydrogen-bond acceptors (Lipinski definition) is 9. The van der Waals surface area contributed by atoms with E-state index in [2.05, 4.69) is 31.0 Å². The van der Waals surface area contributed by atoms with Crippen molar-refractivity contribution in [2.45, 2.75) is 19.1 Å². The van der Waals surface area contributed by atoms with Gasteiger partial charge in [0.1, 0.15) is 6.34 Å². The zero-order valence-corrected chi connectivity index (χ0v) is 20.2. The first kappa shape index (κ1) is 25.2. The van der Waals surface area contributed by atoms with E-state index in [1.807, 2.05) is 37.4 Å². The molecule has 0 aliphatic carbocycles. The molecule has 3 heterocycles. The van der Waals surface area contributed by atoms with Crippen LogP contribution in [0.4, 0.5) is 34.6 Å². The molecule has 200 valence electrons. The third-order valence-corrected chi connectivity index (χ3v) is 6.00. The lowest BCUT2D eigenvalue weighted by Crippen LogP contribution is -2.35. The minimum absolute atomic E-state index is 0.0431. The molecular weight excluding hydrogens is 508 g/mol. The van der Waals surface area contributed by atoms with Crippen molar-refractivity contribution in [1.82, 2.24) is 19.8 Å². The van der Waals surface area contributed by atoms with Crippen molar-refractivity contribution in [3.05, 3.63) is 59.8 Å². The van der Waals surface area contributed by atoms with Gasteiger partial charge in [-0.05, 0) is 36.8 Å². The van der Waals surface area contributed by atoms with Gasteiger partial charge in [0.25, 0.3) is 0 Å². The molecule has 3 aromatic rings. The average Bonchev–Trinajstić information content (AvgIpc) is 3.47. The van der Waals surface area contributed by atoms with E-state index < -0.39 is 18.0 Å². The lowest BCUT2D eigenvalue weighted by molar-refractivity contribution is -0.199. The molecule has 10 nitrogen and oxygen atoms in total. The molecule has 0 radical (unpaired) electrons. The number of aryl methyl sites for hydroxylation is 1. The zero-order valence-electron chi connectivity index (χ0n) is 20.2. The van der Waals surface area contributed by atoms with Crippen molar-refractivity contribution in [2.75, 3.05) is 35.9 Å². The van der Waals surface area contributed by atoms with Crippen LogP contribution in [0.2, 0.25) is 0 Å². The maximum absolute atomic E-state index is 15.1. The van der Waals surface area contributed by atoms with E-state index in [4.69, 9.17) is 0 Å². The van der Waals surface area contributed by atoms with Crippen LogP contribution in [0.15, 0.2) is 59.2 Å². The monoisotopic (exact) mass is 532 g/mol. The molecule has 0 fully saturated rings. The van der Waals surface area contributed by atoms with Crippen LogP contribution in [-0.2, 0) is 23.1 Å². The van der Waals surface area contributed by atoms with Crippen molar-refractivity contribution in [1.29, 1.82) is 0 Å². The molecule has 2 aliphatic rings. The summed E-state index contributed by atoms with van der Waals surface area (Å²) in [5.41, 5.74) is 10.3. The predicted molar refractivity (Wildman–Crippen MR) is 133 cm³/mol. The molecule has 5 rings (SSSR count). The lowest BCUT2D eigenvalue weighted by atomic mass is 10.1. The van der Waals surface area contributed by atoms with Crippen molar-refractivity contribution in [2.24, 2.45) is 12.0 Å². The average molecular weight is 533 g/mol. The van der Waals surface area contributed by atoms with E-state index >= 15 is 4.39 Å². The number of anilines is 3. The maximum atomic E-state index is 15.1. The molecule has 0 bridgehead atoms. The number of carbonyl (C=O) groups is 1. The molecule has 0 amide bonds. The summed E-state index contributed by atoms with van der Waals surface area (Å²) in [6.07, 6.45) is -1.54. The number of aromatic nitrogens is 2. The van der Waals surface area contributed by atoms with Crippen molar-refractivity contribution in [3.8, 4) is 0 Å². The van der Waals surface area contributed by atoms with E-state index in [1.54, 1.807) is 22.0 Å². The lowest BCUT2D eigenvalue weighted by Gasteiger charge is -2.28. The number of hydrazine groups is 2. The summed E-state index contributed by atoms with van der Waals surface area (Å²) in [4.78, 5) is 15.1. The zero-order chi connectivity index (χ0) is 26.9. The minimum atomic E-state index is -5.00. The molecule has 0 unspecified atom stereocenters. The molecule has 14 heteroatoms. The molecule has 0 atom stereocenters. The summed E-state index contributed by atoms with van der Waals surface area (Å²) >= 11 is 0. The molecular formula is C24H24F4N8O2. The van der Waals surface area contributed by atoms with Crippen LogP contribution in [0.1, 0.15) is 12.0 Å². The Hall–Kier alpha value is -4.49. The summed E-state index contributed by atoms with van der Waals surface area (Å²) in [6, 6.07) is 11.2. The van der Waals surface area contributed by atoms with Gasteiger partial charge in [0.2, 0.25) is 0 Å². The minimum Gasteiger partial charge on any atom is -0.459 e. The highest BCUT2D eigenvalue weighted by Crippen LogP contribution is 2.35. The van der Waals surface area contributed by atoms with Gasteiger partial charge in [-0.15, -0.1) is 0 Å². The fourth-order valence-corrected chi connectivity index (χ4v) is 4.16. The Labute approximate surface area is 214 Å². The van der Waals surface area contributed by atoms with Crippen molar-refractivity contribution >= 4 is 40.3 Å². The Morgan fingerprint density at radius 3 is 2.84 bits per heavy atom. The number of ether oxygens (including phenoxy) is 1. The highest BCUT2D eigenvalue weighted by Gasteiger charge is 2.40. The van der Waals surface area contributed by atoms with Crippen LogP contribution in [0.25, 0.3) is 10.9 Å². The van der Waals surface area contributed by atoms with Crippen LogP contribution >= 0.6 is 0 Å². The molecule has 0 spiro atoms. The van der Waals surface area contributed by atoms with Gasteiger partial charge in [-0.2, -0.15) is 18.3 Å². The van der Waals surface area contributed by atoms with E-state index in [0.29, 0.717) is 6.54 Å². The number of nitrogens with zero attached hydrogens (tertiary/aromatic N) is 5. The number of alkyl halides is 3. The van der Waals surface area contributed by atoms with E-state index in [1.165, 1.54) is 11.3 Å². The molecule has 38 heavy (non-hydrogen) atoms. The van der Waals surface area contributed by atoms with Crippen LogP contribution in [-0.4, -0.2) is 58.0 Å². The van der Waals surface area contributed by atoms with Gasteiger partial charge in [0.15, 0.2) is 11.6 Å². The first-order valence-corrected chi connectivity index (χ1v) is 11.7. The fraction of sp³-hybridized carbons (Fsp3) is 0.292. The number of nitrogens with one attached hydrogen (secondary N) is 3. The normalized spacial score (nSPS) is 15.1. The Bertz CT molecular complexity index is 1420. The maximum Gasteiger partial charge on any atom is 0.490 e. The van der Waals surface area contributed by atoms with Crippen LogP contribution in [0.3, 0.4) is 0 Å². The highest BCUT2D eigenvalue weighted by atomic mass is 19.4. The van der Waals surface area contributed by atoms with Gasteiger partial charge < -0.3 is 10.1 Å². The Morgan fingerprint density at radius 1 is 1.21 bits per heavy atom. The second-order valence-electron chi connectivity index (χ2n) is 8.70. The van der Waals surface area contributed by atoms with Crippen LogP contribution < -0.4 is 16.2 Å². The number of rotatable bonds is 8. The number of benzene rings is 2. The Morgan fingerprint density at radius 2 is 2.05 bits per heavy atom. The second kappa shape index (κ2) is 10.1. The quantitative estimate of drug-likeness (QED) is 0.226.